The summed E-state index contributed by atoms with van der Waals surface area (Å²) in [6.07, 6.45) is -3.59. The summed E-state index contributed by atoms with van der Waals surface area (Å²) in [7, 11) is -1.57. The van der Waals surface area contributed by atoms with E-state index in [-0.39, 0.29) is 5.91 Å². The number of carbonyl (C=O) groups excluding carboxylic acids is 1. The van der Waals surface area contributed by atoms with Crippen LogP contribution in [0.25, 0.3) is 0 Å². The minimum absolute atomic E-state index is 0.325. The summed E-state index contributed by atoms with van der Waals surface area (Å²) in [6, 6.07) is 5.46. The third-order valence-corrected chi connectivity index (χ3v) is 4.86. The van der Waals surface area contributed by atoms with Gasteiger partial charge in [0.25, 0.3) is 0 Å². The molecule has 0 saturated carbocycles. The van der Waals surface area contributed by atoms with Crippen LogP contribution in [-0.2, 0) is 9.53 Å². The van der Waals surface area contributed by atoms with E-state index in [0.29, 0.717) is 10.4 Å². The van der Waals surface area contributed by atoms with Crippen LogP contribution in [-0.4, -0.2) is 74.8 Å². The molecule has 2 unspecified atom stereocenters. The number of rotatable bonds is 5. The molecule has 132 valence electrons. The Bertz CT molecular complexity index is 559. The fourth-order valence-electron chi connectivity index (χ4n) is 2.42. The molecule has 0 aromatic heterocycles. The van der Waals surface area contributed by atoms with E-state index in [1.54, 1.807) is 12.1 Å². The minimum atomic E-state index is -1.57. The van der Waals surface area contributed by atoms with Crippen molar-refractivity contribution in [3.63, 3.8) is 0 Å². The van der Waals surface area contributed by atoms with Crippen molar-refractivity contribution in [1.82, 2.24) is 5.32 Å². The van der Waals surface area contributed by atoms with Gasteiger partial charge in [-0.1, -0.05) is 23.9 Å². The molecule has 0 spiro atoms. The molecule has 1 heterocycles. The SMILES string of the molecule is CC(=O)NC1[C@@H](O)[C@H](O)C(CO)O[C@H]1Sc1ccc(B(O)O)cc1. The van der Waals surface area contributed by atoms with E-state index in [4.69, 9.17) is 14.8 Å². The molecule has 6 N–H and O–H groups in total. The predicted octanol–water partition coefficient (Wildman–Crippen LogP) is -2.60. The second-order valence-corrected chi connectivity index (χ2v) is 6.67. The number of hydrogen-bond donors (Lipinski definition) is 6. The van der Waals surface area contributed by atoms with Crippen LogP contribution in [0.15, 0.2) is 29.2 Å². The Morgan fingerprint density at radius 3 is 2.38 bits per heavy atom. The van der Waals surface area contributed by atoms with Gasteiger partial charge in [0, 0.05) is 11.8 Å². The second-order valence-electron chi connectivity index (χ2n) is 5.49. The van der Waals surface area contributed by atoms with Gasteiger partial charge in [-0.2, -0.15) is 0 Å². The maximum Gasteiger partial charge on any atom is 0.488 e. The van der Waals surface area contributed by atoms with Crippen LogP contribution < -0.4 is 10.8 Å². The van der Waals surface area contributed by atoms with Gasteiger partial charge in [-0.3, -0.25) is 4.79 Å². The number of thioether (sulfide) groups is 1. The standard InChI is InChI=1S/C14H20BNO7S/c1-7(18)16-11-13(20)12(19)10(6-17)23-14(11)24-9-4-2-8(3-5-9)15(21)22/h2-5,10-14,17,19-22H,6H2,1H3,(H,16,18)/t10?,11?,12-,13-,14+/m1/s1. The molecule has 0 radical (unpaired) electrons. The molecule has 0 bridgehead atoms. The van der Waals surface area contributed by atoms with Crippen LogP contribution in [0.3, 0.4) is 0 Å². The first-order valence-electron chi connectivity index (χ1n) is 7.35. The number of nitrogens with one attached hydrogen (secondary N) is 1. The molecule has 1 aliphatic heterocycles. The third-order valence-electron chi connectivity index (χ3n) is 3.68. The van der Waals surface area contributed by atoms with E-state index in [1.807, 2.05) is 0 Å². The van der Waals surface area contributed by atoms with Crippen molar-refractivity contribution in [3.05, 3.63) is 24.3 Å². The van der Waals surface area contributed by atoms with E-state index in [0.717, 1.165) is 0 Å². The Kier molecular flexibility index (Phi) is 6.64. The van der Waals surface area contributed by atoms with Crippen molar-refractivity contribution >= 4 is 30.3 Å². The number of hydrogen-bond acceptors (Lipinski definition) is 8. The second kappa shape index (κ2) is 8.30. The van der Waals surface area contributed by atoms with Crippen LogP contribution in [0, 0.1) is 0 Å². The molecule has 5 atom stereocenters. The minimum Gasteiger partial charge on any atom is -0.423 e. The highest BCUT2D eigenvalue weighted by Gasteiger charge is 2.45. The molecule has 1 aromatic carbocycles. The van der Waals surface area contributed by atoms with Crippen LogP contribution in [0.4, 0.5) is 0 Å². The first kappa shape index (κ1) is 19.2. The summed E-state index contributed by atoms with van der Waals surface area (Å²) >= 11 is 1.18. The molecule has 10 heteroatoms. The van der Waals surface area contributed by atoms with Crippen LogP contribution in [0.1, 0.15) is 6.92 Å². The van der Waals surface area contributed by atoms with E-state index in [2.05, 4.69) is 5.32 Å². The largest absolute Gasteiger partial charge is 0.488 e. The summed E-state index contributed by atoms with van der Waals surface area (Å²) in [5.41, 5.74) is -0.416. The zero-order valence-corrected chi connectivity index (χ0v) is 13.8. The van der Waals surface area contributed by atoms with Crippen molar-refractivity contribution in [2.75, 3.05) is 6.61 Å². The molecular formula is C14H20BNO7S. The smallest absolute Gasteiger partial charge is 0.423 e. The zero-order chi connectivity index (χ0) is 17.9. The highest BCUT2D eigenvalue weighted by atomic mass is 32.2. The van der Waals surface area contributed by atoms with E-state index in [9.17, 15) is 20.1 Å². The van der Waals surface area contributed by atoms with Crippen LogP contribution in [0.2, 0.25) is 0 Å². The fraction of sp³-hybridized carbons (Fsp3) is 0.500. The lowest BCUT2D eigenvalue weighted by molar-refractivity contribution is -0.173. The number of benzene rings is 1. The van der Waals surface area contributed by atoms with Crippen LogP contribution >= 0.6 is 11.8 Å². The third kappa shape index (κ3) is 4.48. The van der Waals surface area contributed by atoms with Gasteiger partial charge in [-0.25, -0.2) is 0 Å². The summed E-state index contributed by atoms with van der Waals surface area (Å²) in [6.45, 7) is 0.814. The lowest BCUT2D eigenvalue weighted by atomic mass is 9.81. The van der Waals surface area contributed by atoms with Gasteiger partial charge < -0.3 is 35.4 Å². The quantitative estimate of drug-likeness (QED) is 0.316. The van der Waals surface area contributed by atoms with E-state index in [1.165, 1.54) is 30.8 Å². The van der Waals surface area contributed by atoms with Gasteiger partial charge >= 0.3 is 7.12 Å². The summed E-state index contributed by atoms with van der Waals surface area (Å²) < 4.78 is 5.60. The maximum absolute atomic E-state index is 11.4. The normalized spacial score (nSPS) is 30.0. The number of amides is 1. The van der Waals surface area contributed by atoms with Crippen molar-refractivity contribution in [3.8, 4) is 0 Å². The number of aliphatic hydroxyl groups is 3. The molecule has 2 rings (SSSR count). The first-order valence-corrected chi connectivity index (χ1v) is 8.23. The fourth-order valence-corrected chi connectivity index (χ4v) is 3.56. The Labute approximate surface area is 143 Å². The van der Waals surface area contributed by atoms with Crippen molar-refractivity contribution < 1.29 is 34.9 Å². The highest BCUT2D eigenvalue weighted by Crippen LogP contribution is 2.33. The van der Waals surface area contributed by atoms with Crippen LogP contribution in [0.5, 0.6) is 0 Å². The Hall–Kier alpha value is -1.14. The van der Waals surface area contributed by atoms with Gasteiger partial charge in [0.2, 0.25) is 5.91 Å². The number of aliphatic hydroxyl groups excluding tert-OH is 3. The summed E-state index contributed by atoms with van der Waals surface area (Å²) in [5, 5.41) is 50.2. The topological polar surface area (TPSA) is 139 Å². The summed E-state index contributed by atoms with van der Waals surface area (Å²) in [5.74, 6) is -0.387. The Morgan fingerprint density at radius 2 is 1.88 bits per heavy atom. The predicted molar refractivity (Wildman–Crippen MR) is 87.5 cm³/mol. The molecule has 0 aliphatic carbocycles. The molecule has 1 saturated heterocycles. The molecule has 1 aromatic rings. The molecule has 24 heavy (non-hydrogen) atoms. The monoisotopic (exact) mass is 357 g/mol. The maximum atomic E-state index is 11.4. The van der Waals surface area contributed by atoms with Gasteiger partial charge in [0.15, 0.2) is 0 Å². The highest BCUT2D eigenvalue weighted by molar-refractivity contribution is 7.99. The average Bonchev–Trinajstić information content (AvgIpc) is 2.54. The Morgan fingerprint density at radius 1 is 1.25 bits per heavy atom. The molecule has 1 fully saturated rings. The molecule has 1 aliphatic rings. The molecular weight excluding hydrogens is 337 g/mol. The van der Waals surface area contributed by atoms with E-state index < -0.39 is 43.5 Å². The average molecular weight is 357 g/mol. The lowest BCUT2D eigenvalue weighted by Crippen LogP contribution is -2.63. The number of ether oxygens (including phenoxy) is 1. The van der Waals surface area contributed by atoms with Crippen molar-refractivity contribution in [1.29, 1.82) is 0 Å². The molecule has 1 amide bonds. The van der Waals surface area contributed by atoms with Gasteiger partial charge in [-0.15, -0.1) is 0 Å². The first-order chi connectivity index (χ1) is 11.3. The van der Waals surface area contributed by atoms with Gasteiger partial charge in [0.1, 0.15) is 23.7 Å². The van der Waals surface area contributed by atoms with Crippen molar-refractivity contribution in [2.45, 2.75) is 41.6 Å². The molecule has 8 nitrogen and oxygen atoms in total. The van der Waals surface area contributed by atoms with E-state index >= 15 is 0 Å². The Balaban J connectivity index is 2.17. The zero-order valence-electron chi connectivity index (χ0n) is 12.9. The summed E-state index contributed by atoms with van der Waals surface area (Å²) in [4.78, 5) is 12.1. The van der Waals surface area contributed by atoms with Gasteiger partial charge in [-0.05, 0) is 17.6 Å². The number of carbonyl (C=O) groups is 1. The lowest BCUT2D eigenvalue weighted by Gasteiger charge is -2.42. The van der Waals surface area contributed by atoms with Crippen molar-refractivity contribution in [2.24, 2.45) is 0 Å². The van der Waals surface area contributed by atoms with Gasteiger partial charge in [0.05, 0.1) is 12.6 Å².